The number of nitrogens with two attached hydrogens (primary N) is 1. The lowest BCUT2D eigenvalue weighted by Gasteiger charge is -2.22. The van der Waals surface area contributed by atoms with Crippen molar-refractivity contribution in [1.82, 2.24) is 4.90 Å². The van der Waals surface area contributed by atoms with E-state index >= 15 is 0 Å². The highest BCUT2D eigenvalue weighted by Crippen LogP contribution is 2.33. The van der Waals surface area contributed by atoms with Crippen LogP contribution in [0.1, 0.15) is 29.3 Å². The molecule has 0 bridgehead atoms. The van der Waals surface area contributed by atoms with E-state index in [0.29, 0.717) is 25.2 Å². The second-order valence-electron chi connectivity index (χ2n) is 5.34. The van der Waals surface area contributed by atoms with Gasteiger partial charge in [0.05, 0.1) is 5.56 Å². The monoisotopic (exact) mass is 340 g/mol. The van der Waals surface area contributed by atoms with Crippen molar-refractivity contribution in [1.29, 1.82) is 0 Å². The fourth-order valence-electron chi connectivity index (χ4n) is 2.64. The van der Waals surface area contributed by atoms with Gasteiger partial charge in [-0.15, -0.1) is 12.4 Å². The van der Waals surface area contributed by atoms with Crippen LogP contribution in [0.5, 0.6) is 0 Å². The number of nitrogens with zero attached hydrogens (tertiary/aromatic N) is 1. The molecule has 8 heteroatoms. The average Bonchev–Trinajstić information content (AvgIpc) is 2.78. The predicted molar refractivity (Wildman–Crippen MR) is 76.3 cm³/mol. The Labute approximate surface area is 131 Å². The van der Waals surface area contributed by atoms with E-state index in [4.69, 9.17) is 5.73 Å². The highest BCUT2D eigenvalue weighted by Gasteiger charge is 2.36. The molecule has 2 rings (SSSR count). The fraction of sp³-hybridized carbons (Fsp3) is 0.500. The normalized spacial score (nSPS) is 21.6. The molecule has 124 valence electrons. The molecule has 1 aliphatic heterocycles. The first-order valence-corrected chi connectivity index (χ1v) is 6.61. The number of benzene rings is 1. The number of halogens is 5. The second-order valence-corrected chi connectivity index (χ2v) is 5.34. The van der Waals surface area contributed by atoms with Crippen LogP contribution in [0.25, 0.3) is 0 Å². The third-order valence-electron chi connectivity index (χ3n) is 3.77. The van der Waals surface area contributed by atoms with Gasteiger partial charge >= 0.3 is 6.18 Å². The van der Waals surface area contributed by atoms with Crippen molar-refractivity contribution in [3.63, 3.8) is 0 Å². The van der Waals surface area contributed by atoms with Crippen LogP contribution in [-0.2, 0) is 6.18 Å². The molecule has 0 aromatic heterocycles. The van der Waals surface area contributed by atoms with Gasteiger partial charge in [0.2, 0.25) is 0 Å². The number of alkyl halides is 3. The summed E-state index contributed by atoms with van der Waals surface area (Å²) in [6.07, 6.45) is -4.10. The van der Waals surface area contributed by atoms with Crippen LogP contribution in [0.4, 0.5) is 17.6 Å². The van der Waals surface area contributed by atoms with Crippen LogP contribution in [0.2, 0.25) is 0 Å². The topological polar surface area (TPSA) is 46.3 Å². The lowest BCUT2D eigenvalue weighted by molar-refractivity contribution is -0.140. The smallest absolute Gasteiger partial charge is 0.336 e. The Kier molecular flexibility index (Phi) is 5.81. The van der Waals surface area contributed by atoms with Gasteiger partial charge in [-0.25, -0.2) is 4.39 Å². The molecule has 0 radical (unpaired) electrons. The molecule has 1 heterocycles. The molecule has 1 aromatic rings. The zero-order chi connectivity index (χ0) is 15.8. The van der Waals surface area contributed by atoms with E-state index in [-0.39, 0.29) is 29.9 Å². The third kappa shape index (κ3) is 3.70. The van der Waals surface area contributed by atoms with Crippen LogP contribution in [0, 0.1) is 11.7 Å². The Morgan fingerprint density at radius 1 is 1.41 bits per heavy atom. The molecule has 22 heavy (non-hydrogen) atoms. The first-order chi connectivity index (χ1) is 9.74. The zero-order valence-electron chi connectivity index (χ0n) is 11.9. The Hall–Kier alpha value is -1.34. The molecule has 1 aromatic carbocycles. The molecule has 2 atom stereocenters. The summed E-state index contributed by atoms with van der Waals surface area (Å²) >= 11 is 0. The van der Waals surface area contributed by atoms with E-state index in [1.54, 1.807) is 0 Å². The fourth-order valence-corrected chi connectivity index (χ4v) is 2.64. The van der Waals surface area contributed by atoms with Crippen molar-refractivity contribution in [3.05, 3.63) is 35.1 Å². The summed E-state index contributed by atoms with van der Waals surface area (Å²) in [5.41, 5.74) is 3.98. The highest BCUT2D eigenvalue weighted by atomic mass is 35.5. The van der Waals surface area contributed by atoms with E-state index in [2.05, 4.69) is 0 Å². The molecule has 1 amide bonds. The number of carbonyl (C=O) groups is 1. The van der Waals surface area contributed by atoms with Gasteiger partial charge in [0, 0.05) is 18.2 Å². The number of carbonyl (C=O) groups excluding carboxylic acids is 1. The van der Waals surface area contributed by atoms with Crippen LogP contribution < -0.4 is 5.73 Å². The molecule has 0 saturated carbocycles. The standard InChI is InChI=1S/C14H16F4N2O.ClH/c1-8-4-9(6-19)7-20(8)13(21)10-2-3-12(15)11(5-10)14(16,17)18;/h2-3,5,8-9H,4,6-7,19H2,1H3;1H. The van der Waals surface area contributed by atoms with Gasteiger partial charge in [-0.1, -0.05) is 0 Å². The Bertz CT molecular complexity index is 550. The molecular weight excluding hydrogens is 324 g/mol. The summed E-state index contributed by atoms with van der Waals surface area (Å²) in [6, 6.07) is 2.23. The van der Waals surface area contributed by atoms with Gasteiger partial charge in [-0.3, -0.25) is 4.79 Å². The average molecular weight is 341 g/mol. The van der Waals surface area contributed by atoms with Gasteiger partial charge in [0.15, 0.2) is 0 Å². The quantitative estimate of drug-likeness (QED) is 0.841. The minimum Gasteiger partial charge on any atom is -0.336 e. The summed E-state index contributed by atoms with van der Waals surface area (Å²) in [7, 11) is 0. The molecule has 0 aliphatic carbocycles. The van der Waals surface area contributed by atoms with E-state index in [1.165, 1.54) is 4.90 Å². The molecule has 1 fully saturated rings. The molecule has 1 saturated heterocycles. The maximum Gasteiger partial charge on any atom is 0.419 e. The molecule has 2 N–H and O–H groups in total. The van der Waals surface area contributed by atoms with Gasteiger partial charge in [-0.2, -0.15) is 13.2 Å². The number of likely N-dealkylation sites (tertiary alicyclic amines) is 1. The highest BCUT2D eigenvalue weighted by molar-refractivity contribution is 5.94. The minimum absolute atomic E-state index is 0. The van der Waals surface area contributed by atoms with Crippen LogP contribution in [0.3, 0.4) is 0 Å². The van der Waals surface area contributed by atoms with Gasteiger partial charge in [0.1, 0.15) is 5.82 Å². The van der Waals surface area contributed by atoms with E-state index < -0.39 is 23.5 Å². The van der Waals surface area contributed by atoms with Gasteiger partial charge in [0.25, 0.3) is 5.91 Å². The van der Waals surface area contributed by atoms with Crippen molar-refractivity contribution >= 4 is 18.3 Å². The molecule has 1 aliphatic rings. The van der Waals surface area contributed by atoms with E-state index in [0.717, 1.165) is 12.5 Å². The van der Waals surface area contributed by atoms with Crippen molar-refractivity contribution in [2.75, 3.05) is 13.1 Å². The Balaban J connectivity index is 0.00000242. The third-order valence-corrected chi connectivity index (χ3v) is 3.77. The lowest BCUT2D eigenvalue weighted by Crippen LogP contribution is -2.34. The molecule has 3 nitrogen and oxygen atoms in total. The van der Waals surface area contributed by atoms with Crippen LogP contribution in [0.15, 0.2) is 18.2 Å². The predicted octanol–water partition coefficient (Wildman–Crippen LogP) is 3.08. The maximum absolute atomic E-state index is 13.2. The molecule has 0 spiro atoms. The number of amides is 1. The van der Waals surface area contributed by atoms with Crippen molar-refractivity contribution < 1.29 is 22.4 Å². The lowest BCUT2D eigenvalue weighted by atomic mass is 10.1. The number of hydrogen-bond acceptors (Lipinski definition) is 2. The van der Waals surface area contributed by atoms with Crippen molar-refractivity contribution in [3.8, 4) is 0 Å². The first kappa shape index (κ1) is 18.7. The van der Waals surface area contributed by atoms with E-state index in [9.17, 15) is 22.4 Å². The largest absolute Gasteiger partial charge is 0.419 e. The summed E-state index contributed by atoms with van der Waals surface area (Å²) in [5, 5.41) is 0. The summed E-state index contributed by atoms with van der Waals surface area (Å²) in [6.45, 7) is 2.66. The Morgan fingerprint density at radius 3 is 2.55 bits per heavy atom. The molecule has 2 unspecified atom stereocenters. The van der Waals surface area contributed by atoms with Crippen LogP contribution in [-0.4, -0.2) is 29.9 Å². The molecular formula is C14H17ClF4N2O. The van der Waals surface area contributed by atoms with Gasteiger partial charge in [-0.05, 0) is 44.0 Å². The summed E-state index contributed by atoms with van der Waals surface area (Å²) < 4.78 is 51.3. The number of hydrogen-bond donors (Lipinski definition) is 1. The first-order valence-electron chi connectivity index (χ1n) is 6.61. The maximum atomic E-state index is 13.2. The zero-order valence-corrected chi connectivity index (χ0v) is 12.7. The van der Waals surface area contributed by atoms with Gasteiger partial charge < -0.3 is 10.6 Å². The summed E-state index contributed by atoms with van der Waals surface area (Å²) in [5.74, 6) is -1.76. The summed E-state index contributed by atoms with van der Waals surface area (Å²) in [4.78, 5) is 13.8. The second kappa shape index (κ2) is 6.83. The number of rotatable bonds is 2. The van der Waals surface area contributed by atoms with Crippen molar-refractivity contribution in [2.45, 2.75) is 25.6 Å². The van der Waals surface area contributed by atoms with E-state index in [1.807, 2.05) is 6.92 Å². The minimum atomic E-state index is -4.82. The van der Waals surface area contributed by atoms with Crippen LogP contribution >= 0.6 is 12.4 Å². The van der Waals surface area contributed by atoms with Crippen molar-refractivity contribution in [2.24, 2.45) is 11.7 Å². The Morgan fingerprint density at radius 2 is 2.05 bits per heavy atom. The SMILES string of the molecule is CC1CC(CN)CN1C(=O)c1ccc(F)c(C(F)(F)F)c1.Cl.